The maximum absolute atomic E-state index is 5.54. The molecule has 0 fully saturated rings. The van der Waals surface area contributed by atoms with Crippen molar-refractivity contribution in [3.63, 3.8) is 0 Å². The van der Waals surface area contributed by atoms with Gasteiger partial charge in [0.05, 0.1) is 5.69 Å². The highest BCUT2D eigenvalue weighted by Gasteiger charge is 2.07. The summed E-state index contributed by atoms with van der Waals surface area (Å²) < 4.78 is 0. The lowest BCUT2D eigenvalue weighted by Gasteiger charge is -1.97. The van der Waals surface area contributed by atoms with Gasteiger partial charge in [-0.2, -0.15) is 0 Å². The number of rotatable bonds is 3. The Hall–Kier alpha value is -1.61. The average Bonchev–Trinajstić information content (AvgIpc) is 2.62. The van der Waals surface area contributed by atoms with Gasteiger partial charge in [0.25, 0.3) is 0 Å². The second kappa shape index (κ2) is 4.49. The average molecular weight is 215 g/mol. The minimum Gasteiger partial charge on any atom is -0.342 e. The number of aromatic amines is 1. The Balaban J connectivity index is 2.33. The molecule has 3 N–H and O–H groups in total. The van der Waals surface area contributed by atoms with Crippen molar-refractivity contribution in [3.05, 3.63) is 41.2 Å². The number of imidazole rings is 1. The minimum atomic E-state index is 0.638. The summed E-state index contributed by atoms with van der Waals surface area (Å²) in [4.78, 5) is 7.86. The third-order valence-corrected chi connectivity index (χ3v) is 2.69. The Morgan fingerprint density at radius 3 is 2.50 bits per heavy atom. The van der Waals surface area contributed by atoms with Crippen molar-refractivity contribution < 1.29 is 0 Å². The van der Waals surface area contributed by atoms with E-state index in [2.05, 4.69) is 41.2 Å². The summed E-state index contributed by atoms with van der Waals surface area (Å²) >= 11 is 0. The Morgan fingerprint density at radius 2 is 1.88 bits per heavy atom. The Bertz CT molecular complexity index is 468. The number of nitrogens with two attached hydrogens (primary N) is 1. The summed E-state index contributed by atoms with van der Waals surface area (Å²) in [7, 11) is 0. The summed E-state index contributed by atoms with van der Waals surface area (Å²) in [5.74, 6) is 0.931. The molecule has 1 aromatic carbocycles. The minimum absolute atomic E-state index is 0.638. The number of hydrogen-bond acceptors (Lipinski definition) is 2. The SMILES string of the molecule is Cc1ccc(-c2nc(CCN)c(C)[nH]2)cc1. The quantitative estimate of drug-likeness (QED) is 0.824. The molecule has 2 rings (SSSR count). The number of aryl methyl sites for hydroxylation is 2. The van der Waals surface area contributed by atoms with Crippen LogP contribution in [0.5, 0.6) is 0 Å². The van der Waals surface area contributed by atoms with Gasteiger partial charge < -0.3 is 10.7 Å². The molecule has 0 aliphatic carbocycles. The highest BCUT2D eigenvalue weighted by molar-refractivity contribution is 5.56. The van der Waals surface area contributed by atoms with E-state index in [1.165, 1.54) is 5.56 Å². The summed E-state index contributed by atoms with van der Waals surface area (Å²) in [5.41, 5.74) is 10.1. The van der Waals surface area contributed by atoms with E-state index in [0.717, 1.165) is 29.2 Å². The monoisotopic (exact) mass is 215 g/mol. The van der Waals surface area contributed by atoms with E-state index in [9.17, 15) is 0 Å². The third kappa shape index (κ3) is 2.14. The van der Waals surface area contributed by atoms with Crippen molar-refractivity contribution in [1.29, 1.82) is 0 Å². The zero-order valence-corrected chi connectivity index (χ0v) is 9.75. The van der Waals surface area contributed by atoms with E-state index in [0.29, 0.717) is 6.54 Å². The fraction of sp³-hybridized carbons (Fsp3) is 0.308. The van der Waals surface area contributed by atoms with Crippen LogP contribution in [0, 0.1) is 13.8 Å². The number of aromatic nitrogens is 2. The van der Waals surface area contributed by atoms with Crippen molar-refractivity contribution in [3.8, 4) is 11.4 Å². The van der Waals surface area contributed by atoms with Crippen LogP contribution in [-0.4, -0.2) is 16.5 Å². The normalized spacial score (nSPS) is 10.7. The third-order valence-electron chi connectivity index (χ3n) is 2.69. The fourth-order valence-corrected chi connectivity index (χ4v) is 1.72. The summed E-state index contributed by atoms with van der Waals surface area (Å²) in [5, 5.41) is 0. The van der Waals surface area contributed by atoms with Gasteiger partial charge in [0.2, 0.25) is 0 Å². The van der Waals surface area contributed by atoms with Gasteiger partial charge in [-0.3, -0.25) is 0 Å². The molecule has 0 aliphatic rings. The molecule has 0 bridgehead atoms. The first-order valence-corrected chi connectivity index (χ1v) is 5.53. The molecule has 2 aromatic rings. The van der Waals surface area contributed by atoms with Crippen molar-refractivity contribution in [2.24, 2.45) is 5.73 Å². The molecule has 0 unspecified atom stereocenters. The van der Waals surface area contributed by atoms with Crippen LogP contribution in [0.1, 0.15) is 17.0 Å². The summed E-state index contributed by atoms with van der Waals surface area (Å²) in [6.07, 6.45) is 0.828. The lowest BCUT2D eigenvalue weighted by atomic mass is 10.1. The van der Waals surface area contributed by atoms with Crippen molar-refractivity contribution in [2.45, 2.75) is 20.3 Å². The predicted octanol–water partition coefficient (Wildman–Crippen LogP) is 2.19. The lowest BCUT2D eigenvalue weighted by molar-refractivity contribution is 0.924. The van der Waals surface area contributed by atoms with Gasteiger partial charge in [-0.05, 0) is 20.4 Å². The highest BCUT2D eigenvalue weighted by atomic mass is 14.9. The van der Waals surface area contributed by atoms with E-state index < -0.39 is 0 Å². The van der Waals surface area contributed by atoms with Gasteiger partial charge in [-0.15, -0.1) is 0 Å². The van der Waals surface area contributed by atoms with Crippen LogP contribution in [0.4, 0.5) is 0 Å². The molecule has 0 radical (unpaired) electrons. The molecule has 0 amide bonds. The lowest BCUT2D eigenvalue weighted by Crippen LogP contribution is -2.03. The number of nitrogens with zero attached hydrogens (tertiary/aromatic N) is 1. The predicted molar refractivity (Wildman–Crippen MR) is 66.3 cm³/mol. The second-order valence-corrected chi connectivity index (χ2v) is 4.06. The number of nitrogens with one attached hydrogen (secondary N) is 1. The molecule has 0 aliphatic heterocycles. The van der Waals surface area contributed by atoms with Gasteiger partial charge >= 0.3 is 0 Å². The van der Waals surface area contributed by atoms with Crippen molar-refractivity contribution in [1.82, 2.24) is 9.97 Å². The van der Waals surface area contributed by atoms with Crippen LogP contribution < -0.4 is 5.73 Å². The van der Waals surface area contributed by atoms with Crippen LogP contribution in [0.2, 0.25) is 0 Å². The number of benzene rings is 1. The molecule has 0 saturated heterocycles. The van der Waals surface area contributed by atoms with E-state index in [1.54, 1.807) is 0 Å². The number of H-pyrrole nitrogens is 1. The molecule has 1 heterocycles. The molecule has 0 saturated carbocycles. The van der Waals surface area contributed by atoms with Crippen LogP contribution in [0.15, 0.2) is 24.3 Å². The van der Waals surface area contributed by atoms with Gasteiger partial charge in [-0.1, -0.05) is 29.8 Å². The maximum Gasteiger partial charge on any atom is 0.137 e. The first-order chi connectivity index (χ1) is 7.70. The first kappa shape index (κ1) is 10.9. The molecular formula is C13H17N3. The van der Waals surface area contributed by atoms with Gasteiger partial charge in [0, 0.05) is 17.7 Å². The van der Waals surface area contributed by atoms with Crippen LogP contribution in [-0.2, 0) is 6.42 Å². The van der Waals surface area contributed by atoms with Gasteiger partial charge in [0.1, 0.15) is 5.82 Å². The Kier molecular flexibility index (Phi) is 3.06. The standard InChI is InChI=1S/C13H17N3/c1-9-3-5-11(6-4-9)13-15-10(2)12(16-13)7-8-14/h3-6H,7-8,14H2,1-2H3,(H,15,16). The molecule has 0 atom stereocenters. The molecule has 1 aromatic heterocycles. The first-order valence-electron chi connectivity index (χ1n) is 5.53. The Morgan fingerprint density at radius 1 is 1.19 bits per heavy atom. The van der Waals surface area contributed by atoms with Crippen LogP contribution >= 0.6 is 0 Å². The van der Waals surface area contributed by atoms with Crippen molar-refractivity contribution in [2.75, 3.05) is 6.54 Å². The largest absolute Gasteiger partial charge is 0.342 e. The topological polar surface area (TPSA) is 54.7 Å². The maximum atomic E-state index is 5.54. The van der Waals surface area contributed by atoms with E-state index in [-0.39, 0.29) is 0 Å². The highest BCUT2D eigenvalue weighted by Crippen LogP contribution is 2.18. The molecule has 3 heteroatoms. The molecule has 16 heavy (non-hydrogen) atoms. The van der Waals surface area contributed by atoms with Crippen molar-refractivity contribution >= 4 is 0 Å². The van der Waals surface area contributed by atoms with E-state index >= 15 is 0 Å². The molecule has 84 valence electrons. The fourth-order valence-electron chi connectivity index (χ4n) is 1.72. The summed E-state index contributed by atoms with van der Waals surface area (Å²) in [6.45, 7) is 4.76. The van der Waals surface area contributed by atoms with Gasteiger partial charge in [-0.25, -0.2) is 4.98 Å². The van der Waals surface area contributed by atoms with Gasteiger partial charge in [0.15, 0.2) is 0 Å². The Labute approximate surface area is 95.7 Å². The zero-order valence-electron chi connectivity index (χ0n) is 9.75. The molecule has 0 spiro atoms. The number of hydrogen-bond donors (Lipinski definition) is 2. The van der Waals surface area contributed by atoms with E-state index in [4.69, 9.17) is 5.73 Å². The smallest absolute Gasteiger partial charge is 0.137 e. The zero-order chi connectivity index (χ0) is 11.5. The molecule has 3 nitrogen and oxygen atoms in total. The second-order valence-electron chi connectivity index (χ2n) is 4.06. The van der Waals surface area contributed by atoms with Crippen LogP contribution in [0.3, 0.4) is 0 Å². The molecular weight excluding hydrogens is 198 g/mol. The van der Waals surface area contributed by atoms with E-state index in [1.807, 2.05) is 6.92 Å². The summed E-state index contributed by atoms with van der Waals surface area (Å²) in [6, 6.07) is 8.35. The van der Waals surface area contributed by atoms with Crippen LogP contribution in [0.25, 0.3) is 11.4 Å².